The summed E-state index contributed by atoms with van der Waals surface area (Å²) in [4.78, 5) is 15.9. The van der Waals surface area contributed by atoms with Crippen molar-refractivity contribution in [1.82, 2.24) is 19.9 Å². The number of esters is 1. The van der Waals surface area contributed by atoms with Crippen molar-refractivity contribution in [2.75, 3.05) is 13.7 Å². The van der Waals surface area contributed by atoms with Crippen LogP contribution in [0.3, 0.4) is 0 Å². The molecule has 2 aromatic heterocycles. The van der Waals surface area contributed by atoms with E-state index in [1.807, 2.05) is 0 Å². The van der Waals surface area contributed by atoms with E-state index >= 15 is 0 Å². The van der Waals surface area contributed by atoms with Crippen molar-refractivity contribution >= 4 is 11.6 Å². The molecule has 0 spiro atoms. The van der Waals surface area contributed by atoms with Crippen molar-refractivity contribution in [3.05, 3.63) is 29.7 Å². The summed E-state index contributed by atoms with van der Waals surface area (Å²) in [6, 6.07) is 3.95. The van der Waals surface area contributed by atoms with E-state index in [4.69, 9.17) is 0 Å². The SMILES string of the molecule is COC(=O)c1ccc2nc(CC3CCCN3)nn2c1. The number of nitrogens with one attached hydrogen (secondary N) is 1. The minimum absolute atomic E-state index is 0.364. The Morgan fingerprint density at radius 3 is 3.21 bits per heavy atom. The van der Waals surface area contributed by atoms with Crippen LogP contribution < -0.4 is 5.32 Å². The highest BCUT2D eigenvalue weighted by molar-refractivity contribution is 5.89. The number of fused-ring (bicyclic) bond motifs is 1. The van der Waals surface area contributed by atoms with Gasteiger partial charge in [0.15, 0.2) is 11.5 Å². The topological polar surface area (TPSA) is 68.5 Å². The molecule has 1 N–H and O–H groups in total. The van der Waals surface area contributed by atoms with Crippen LogP contribution in [0.2, 0.25) is 0 Å². The zero-order valence-corrected chi connectivity index (χ0v) is 10.8. The third kappa shape index (κ3) is 2.44. The summed E-state index contributed by atoms with van der Waals surface area (Å²) in [7, 11) is 1.37. The lowest BCUT2D eigenvalue weighted by molar-refractivity contribution is 0.0600. The van der Waals surface area contributed by atoms with Crippen molar-refractivity contribution < 1.29 is 9.53 Å². The number of hydrogen-bond donors (Lipinski definition) is 1. The second-order valence-electron chi connectivity index (χ2n) is 4.74. The summed E-state index contributed by atoms with van der Waals surface area (Å²) in [6.07, 6.45) is 4.86. The molecule has 100 valence electrons. The van der Waals surface area contributed by atoms with Crippen LogP contribution in [0.4, 0.5) is 0 Å². The van der Waals surface area contributed by atoms with E-state index in [0.717, 1.165) is 24.4 Å². The molecule has 3 rings (SSSR count). The third-order valence-corrected chi connectivity index (χ3v) is 3.39. The average Bonchev–Trinajstić information content (AvgIpc) is 3.05. The summed E-state index contributed by atoms with van der Waals surface area (Å²) in [6.45, 7) is 1.07. The summed E-state index contributed by atoms with van der Waals surface area (Å²) in [5.41, 5.74) is 1.23. The van der Waals surface area contributed by atoms with Crippen LogP contribution in [0.5, 0.6) is 0 Å². The molecule has 6 nitrogen and oxygen atoms in total. The summed E-state index contributed by atoms with van der Waals surface area (Å²) >= 11 is 0. The largest absolute Gasteiger partial charge is 0.465 e. The van der Waals surface area contributed by atoms with E-state index in [2.05, 4.69) is 20.1 Å². The first-order chi connectivity index (χ1) is 9.26. The van der Waals surface area contributed by atoms with Crippen LogP contribution in [0.25, 0.3) is 5.65 Å². The van der Waals surface area contributed by atoms with E-state index < -0.39 is 0 Å². The molecule has 3 heterocycles. The van der Waals surface area contributed by atoms with Gasteiger partial charge in [0.05, 0.1) is 12.7 Å². The zero-order valence-electron chi connectivity index (χ0n) is 10.8. The fourth-order valence-electron chi connectivity index (χ4n) is 2.41. The lowest BCUT2D eigenvalue weighted by Crippen LogP contribution is -2.24. The van der Waals surface area contributed by atoms with Crippen LogP contribution in [0, 0.1) is 0 Å². The van der Waals surface area contributed by atoms with Crippen LogP contribution in [-0.2, 0) is 11.2 Å². The monoisotopic (exact) mass is 260 g/mol. The maximum Gasteiger partial charge on any atom is 0.339 e. The Morgan fingerprint density at radius 1 is 1.58 bits per heavy atom. The Labute approximate surface area is 110 Å². The van der Waals surface area contributed by atoms with E-state index in [9.17, 15) is 4.79 Å². The van der Waals surface area contributed by atoms with Gasteiger partial charge in [0.2, 0.25) is 0 Å². The van der Waals surface area contributed by atoms with Crippen molar-refractivity contribution in [2.24, 2.45) is 0 Å². The second-order valence-corrected chi connectivity index (χ2v) is 4.74. The molecular formula is C13H16N4O2. The Hall–Kier alpha value is -1.95. The molecule has 0 radical (unpaired) electrons. The maximum absolute atomic E-state index is 11.4. The van der Waals surface area contributed by atoms with E-state index in [-0.39, 0.29) is 5.97 Å². The fourth-order valence-corrected chi connectivity index (χ4v) is 2.41. The van der Waals surface area contributed by atoms with Gasteiger partial charge < -0.3 is 10.1 Å². The number of rotatable bonds is 3. The number of carbonyl (C=O) groups excluding carboxylic acids is 1. The van der Waals surface area contributed by atoms with E-state index in [1.165, 1.54) is 20.0 Å². The Balaban J connectivity index is 1.85. The molecule has 0 aromatic carbocycles. The minimum Gasteiger partial charge on any atom is -0.465 e. The summed E-state index contributed by atoms with van der Waals surface area (Å²) in [5, 5.41) is 7.84. The fraction of sp³-hybridized carbons (Fsp3) is 0.462. The number of nitrogens with zero attached hydrogens (tertiary/aromatic N) is 3. The van der Waals surface area contributed by atoms with Crippen LogP contribution in [-0.4, -0.2) is 40.3 Å². The smallest absolute Gasteiger partial charge is 0.339 e. The molecule has 1 unspecified atom stereocenters. The standard InChI is InChI=1S/C13H16N4O2/c1-19-13(18)9-4-5-12-15-11(16-17(12)8-9)7-10-3-2-6-14-10/h4-5,8,10,14H,2-3,6-7H2,1H3. The van der Waals surface area contributed by atoms with Crippen molar-refractivity contribution in [3.8, 4) is 0 Å². The van der Waals surface area contributed by atoms with Gasteiger partial charge in [-0.3, -0.25) is 0 Å². The van der Waals surface area contributed by atoms with Crippen LogP contribution in [0.15, 0.2) is 18.3 Å². The van der Waals surface area contributed by atoms with Gasteiger partial charge >= 0.3 is 5.97 Å². The van der Waals surface area contributed by atoms with Crippen molar-refractivity contribution in [2.45, 2.75) is 25.3 Å². The Bertz CT molecular complexity index is 602. The summed E-state index contributed by atoms with van der Waals surface area (Å²) < 4.78 is 6.32. The Morgan fingerprint density at radius 2 is 2.47 bits per heavy atom. The molecule has 0 amide bonds. The number of methoxy groups -OCH3 is 1. The molecule has 0 saturated carbocycles. The zero-order chi connectivity index (χ0) is 13.2. The quantitative estimate of drug-likeness (QED) is 0.827. The molecule has 1 saturated heterocycles. The highest BCUT2D eigenvalue weighted by atomic mass is 16.5. The predicted molar refractivity (Wildman–Crippen MR) is 69.1 cm³/mol. The van der Waals surface area contributed by atoms with Crippen LogP contribution in [0.1, 0.15) is 29.0 Å². The molecule has 0 bridgehead atoms. The lowest BCUT2D eigenvalue weighted by Gasteiger charge is -2.05. The predicted octanol–water partition coefficient (Wildman–Crippen LogP) is 0.810. The van der Waals surface area contributed by atoms with Gasteiger partial charge in [-0.15, -0.1) is 0 Å². The van der Waals surface area contributed by atoms with Gasteiger partial charge in [0.25, 0.3) is 0 Å². The first-order valence-electron chi connectivity index (χ1n) is 6.43. The highest BCUT2D eigenvalue weighted by Gasteiger charge is 2.17. The third-order valence-electron chi connectivity index (χ3n) is 3.39. The molecular weight excluding hydrogens is 244 g/mol. The molecule has 1 atom stereocenters. The molecule has 6 heteroatoms. The van der Waals surface area contributed by atoms with Crippen molar-refractivity contribution in [1.29, 1.82) is 0 Å². The number of ether oxygens (including phenoxy) is 1. The lowest BCUT2D eigenvalue weighted by atomic mass is 10.1. The maximum atomic E-state index is 11.4. The molecule has 2 aromatic rings. The molecule has 0 aliphatic carbocycles. The number of aromatic nitrogens is 3. The minimum atomic E-state index is -0.364. The summed E-state index contributed by atoms with van der Waals surface area (Å²) in [5.74, 6) is 0.442. The second kappa shape index (κ2) is 4.97. The van der Waals surface area contributed by atoms with Gasteiger partial charge in [-0.2, -0.15) is 5.10 Å². The van der Waals surface area contributed by atoms with Crippen LogP contribution >= 0.6 is 0 Å². The first-order valence-corrected chi connectivity index (χ1v) is 6.43. The number of hydrogen-bond acceptors (Lipinski definition) is 5. The van der Waals surface area contributed by atoms with Gasteiger partial charge in [-0.1, -0.05) is 0 Å². The van der Waals surface area contributed by atoms with E-state index in [0.29, 0.717) is 11.6 Å². The number of pyridine rings is 1. The van der Waals surface area contributed by atoms with Gasteiger partial charge in [-0.25, -0.2) is 14.3 Å². The van der Waals surface area contributed by atoms with Gasteiger partial charge in [-0.05, 0) is 31.5 Å². The average molecular weight is 260 g/mol. The highest BCUT2D eigenvalue weighted by Crippen LogP contribution is 2.11. The Kier molecular flexibility index (Phi) is 3.16. The molecule has 1 aliphatic heterocycles. The number of carbonyl (C=O) groups is 1. The van der Waals surface area contributed by atoms with Crippen molar-refractivity contribution in [3.63, 3.8) is 0 Å². The van der Waals surface area contributed by atoms with Gasteiger partial charge in [0.1, 0.15) is 0 Å². The molecule has 1 fully saturated rings. The molecule has 19 heavy (non-hydrogen) atoms. The normalized spacial score (nSPS) is 18.9. The van der Waals surface area contributed by atoms with E-state index in [1.54, 1.807) is 22.8 Å². The first kappa shape index (κ1) is 12.1. The molecule has 1 aliphatic rings. The van der Waals surface area contributed by atoms with Gasteiger partial charge in [0, 0.05) is 18.7 Å².